The van der Waals surface area contributed by atoms with Crippen LogP contribution >= 0.6 is 0 Å². The van der Waals surface area contributed by atoms with Crippen LogP contribution < -0.4 is 0 Å². The topological polar surface area (TPSA) is 31.2 Å². The van der Waals surface area contributed by atoms with Gasteiger partial charge in [-0.2, -0.15) is 0 Å². The molecule has 0 amide bonds. The van der Waals surface area contributed by atoms with Crippen molar-refractivity contribution in [2.75, 3.05) is 0 Å². The molecule has 17 heavy (non-hydrogen) atoms. The van der Waals surface area contributed by atoms with E-state index in [0.717, 1.165) is 10.9 Å². The van der Waals surface area contributed by atoms with Gasteiger partial charge in [-0.05, 0) is 44.4 Å². The third-order valence-electron chi connectivity index (χ3n) is 2.52. The molecular formula is C14H17NO2. The highest BCUT2D eigenvalue weighted by atomic mass is 16.6. The molecule has 0 fully saturated rings. The zero-order valence-electron chi connectivity index (χ0n) is 10.7. The van der Waals surface area contributed by atoms with E-state index in [2.05, 4.69) is 0 Å². The van der Waals surface area contributed by atoms with Crippen LogP contribution in [0, 0.1) is 0 Å². The fourth-order valence-corrected chi connectivity index (χ4v) is 1.73. The van der Waals surface area contributed by atoms with Crippen molar-refractivity contribution in [3.63, 3.8) is 0 Å². The van der Waals surface area contributed by atoms with E-state index in [0.29, 0.717) is 5.56 Å². The van der Waals surface area contributed by atoms with Crippen molar-refractivity contribution in [2.24, 2.45) is 7.05 Å². The number of hydrogen-bond acceptors (Lipinski definition) is 2. The van der Waals surface area contributed by atoms with Crippen LogP contribution in [0.3, 0.4) is 0 Å². The van der Waals surface area contributed by atoms with Gasteiger partial charge in [0, 0.05) is 18.8 Å². The number of fused-ring (bicyclic) bond motifs is 1. The molecule has 1 aromatic heterocycles. The van der Waals surface area contributed by atoms with Gasteiger partial charge in [0.2, 0.25) is 0 Å². The highest BCUT2D eigenvalue weighted by Crippen LogP contribution is 2.19. The second kappa shape index (κ2) is 3.91. The zero-order chi connectivity index (χ0) is 12.6. The minimum absolute atomic E-state index is 0.277. The lowest BCUT2D eigenvalue weighted by molar-refractivity contribution is 0.00697. The first kappa shape index (κ1) is 11.7. The summed E-state index contributed by atoms with van der Waals surface area (Å²) in [5.74, 6) is -0.277. The van der Waals surface area contributed by atoms with Gasteiger partial charge in [0.15, 0.2) is 0 Å². The van der Waals surface area contributed by atoms with E-state index in [1.807, 2.05) is 56.8 Å². The van der Waals surface area contributed by atoms with Crippen LogP contribution in [-0.4, -0.2) is 16.1 Å². The van der Waals surface area contributed by atoms with Crippen LogP contribution in [0.2, 0.25) is 0 Å². The standard InChI is InChI=1S/C14H17NO2/c1-14(2,3)17-13(16)11-6-5-10-7-8-15(4)12(10)9-11/h5-9H,1-4H3. The fourth-order valence-electron chi connectivity index (χ4n) is 1.73. The average molecular weight is 231 g/mol. The maximum absolute atomic E-state index is 11.9. The molecule has 0 unspecified atom stereocenters. The number of carbonyl (C=O) groups excluding carboxylic acids is 1. The van der Waals surface area contributed by atoms with E-state index < -0.39 is 5.60 Å². The first-order valence-corrected chi connectivity index (χ1v) is 5.65. The summed E-state index contributed by atoms with van der Waals surface area (Å²) in [6.45, 7) is 5.60. The lowest BCUT2D eigenvalue weighted by atomic mass is 10.1. The summed E-state index contributed by atoms with van der Waals surface area (Å²) in [5.41, 5.74) is 1.17. The van der Waals surface area contributed by atoms with Gasteiger partial charge in [-0.3, -0.25) is 0 Å². The Morgan fingerprint density at radius 1 is 1.24 bits per heavy atom. The van der Waals surface area contributed by atoms with Crippen molar-refractivity contribution in [3.8, 4) is 0 Å². The summed E-state index contributed by atoms with van der Waals surface area (Å²) in [4.78, 5) is 11.9. The van der Waals surface area contributed by atoms with Gasteiger partial charge in [-0.1, -0.05) is 6.07 Å². The number of benzene rings is 1. The molecule has 2 aromatic rings. The molecule has 0 spiro atoms. The molecule has 0 aliphatic heterocycles. The van der Waals surface area contributed by atoms with Crippen molar-refractivity contribution in [2.45, 2.75) is 26.4 Å². The lowest BCUT2D eigenvalue weighted by Crippen LogP contribution is -2.23. The predicted molar refractivity (Wildman–Crippen MR) is 68.1 cm³/mol. The minimum Gasteiger partial charge on any atom is -0.456 e. The number of nitrogens with zero attached hydrogens (tertiary/aromatic N) is 1. The van der Waals surface area contributed by atoms with Gasteiger partial charge in [0.05, 0.1) is 5.56 Å². The summed E-state index contributed by atoms with van der Waals surface area (Å²) in [6, 6.07) is 7.63. The number of ether oxygens (including phenoxy) is 1. The fraction of sp³-hybridized carbons (Fsp3) is 0.357. The van der Waals surface area contributed by atoms with E-state index in [4.69, 9.17) is 4.74 Å². The maximum Gasteiger partial charge on any atom is 0.338 e. The van der Waals surface area contributed by atoms with E-state index in [-0.39, 0.29) is 5.97 Å². The summed E-state index contributed by atoms with van der Waals surface area (Å²) in [6.07, 6.45) is 1.98. The van der Waals surface area contributed by atoms with E-state index in [1.165, 1.54) is 0 Å². The van der Waals surface area contributed by atoms with Crippen LogP contribution in [-0.2, 0) is 11.8 Å². The van der Waals surface area contributed by atoms with Gasteiger partial charge >= 0.3 is 5.97 Å². The Balaban J connectivity index is 2.36. The van der Waals surface area contributed by atoms with Crippen molar-refractivity contribution < 1.29 is 9.53 Å². The van der Waals surface area contributed by atoms with Gasteiger partial charge in [-0.25, -0.2) is 4.79 Å². The molecule has 1 aromatic carbocycles. The number of rotatable bonds is 1. The molecule has 90 valence electrons. The molecular weight excluding hydrogens is 214 g/mol. The van der Waals surface area contributed by atoms with E-state index >= 15 is 0 Å². The minimum atomic E-state index is -0.458. The SMILES string of the molecule is Cn1ccc2ccc(C(=O)OC(C)(C)C)cc21. The largest absolute Gasteiger partial charge is 0.456 e. The predicted octanol–water partition coefficient (Wildman–Crippen LogP) is 3.13. The third kappa shape index (κ3) is 2.49. The Morgan fingerprint density at radius 3 is 2.59 bits per heavy atom. The highest BCUT2D eigenvalue weighted by molar-refractivity contribution is 5.94. The number of aryl methyl sites for hydroxylation is 1. The Morgan fingerprint density at radius 2 is 1.94 bits per heavy atom. The molecule has 0 radical (unpaired) electrons. The smallest absolute Gasteiger partial charge is 0.338 e. The number of esters is 1. The Kier molecular flexibility index (Phi) is 2.69. The molecule has 0 aliphatic rings. The normalized spacial score (nSPS) is 11.8. The number of hydrogen-bond donors (Lipinski definition) is 0. The second-order valence-corrected chi connectivity index (χ2v) is 5.20. The van der Waals surface area contributed by atoms with Gasteiger partial charge in [-0.15, -0.1) is 0 Å². The summed E-state index contributed by atoms with van der Waals surface area (Å²) in [5, 5.41) is 1.12. The number of carbonyl (C=O) groups is 1. The quantitative estimate of drug-likeness (QED) is 0.706. The van der Waals surface area contributed by atoms with Gasteiger partial charge < -0.3 is 9.30 Å². The van der Waals surface area contributed by atoms with Crippen molar-refractivity contribution >= 4 is 16.9 Å². The number of aromatic nitrogens is 1. The molecule has 3 heteroatoms. The molecule has 0 atom stereocenters. The zero-order valence-corrected chi connectivity index (χ0v) is 10.7. The first-order valence-electron chi connectivity index (χ1n) is 5.65. The first-order chi connectivity index (χ1) is 7.87. The molecule has 3 nitrogen and oxygen atoms in total. The van der Waals surface area contributed by atoms with Crippen molar-refractivity contribution in [3.05, 3.63) is 36.0 Å². The van der Waals surface area contributed by atoms with E-state index in [1.54, 1.807) is 6.07 Å². The van der Waals surface area contributed by atoms with Gasteiger partial charge in [0.1, 0.15) is 5.60 Å². The molecule has 1 heterocycles. The lowest BCUT2D eigenvalue weighted by Gasteiger charge is -2.19. The van der Waals surface area contributed by atoms with Crippen molar-refractivity contribution in [1.29, 1.82) is 0 Å². The molecule has 0 saturated heterocycles. The van der Waals surface area contributed by atoms with Crippen LogP contribution in [0.1, 0.15) is 31.1 Å². The Labute approximate surface area is 101 Å². The van der Waals surface area contributed by atoms with E-state index in [9.17, 15) is 4.79 Å². The average Bonchev–Trinajstić information content (AvgIpc) is 2.57. The van der Waals surface area contributed by atoms with Crippen LogP contribution in [0.15, 0.2) is 30.5 Å². The summed E-state index contributed by atoms with van der Waals surface area (Å²) >= 11 is 0. The Hall–Kier alpha value is -1.77. The summed E-state index contributed by atoms with van der Waals surface area (Å²) < 4.78 is 7.33. The molecule has 2 rings (SSSR count). The second-order valence-electron chi connectivity index (χ2n) is 5.20. The van der Waals surface area contributed by atoms with Crippen LogP contribution in [0.25, 0.3) is 10.9 Å². The third-order valence-corrected chi connectivity index (χ3v) is 2.52. The van der Waals surface area contributed by atoms with Gasteiger partial charge in [0.25, 0.3) is 0 Å². The summed E-state index contributed by atoms with van der Waals surface area (Å²) in [7, 11) is 1.96. The Bertz CT molecular complexity index is 561. The monoisotopic (exact) mass is 231 g/mol. The molecule has 0 aliphatic carbocycles. The van der Waals surface area contributed by atoms with Crippen LogP contribution in [0.4, 0.5) is 0 Å². The maximum atomic E-state index is 11.9. The van der Waals surface area contributed by atoms with Crippen LogP contribution in [0.5, 0.6) is 0 Å². The molecule has 0 N–H and O–H groups in total. The highest BCUT2D eigenvalue weighted by Gasteiger charge is 2.18. The molecule has 0 bridgehead atoms. The molecule has 0 saturated carbocycles. The van der Waals surface area contributed by atoms with Crippen molar-refractivity contribution in [1.82, 2.24) is 4.57 Å².